The van der Waals surface area contributed by atoms with Crippen LogP contribution in [0.1, 0.15) is 13.8 Å². The van der Waals surface area contributed by atoms with Gasteiger partial charge in [0.2, 0.25) is 5.95 Å². The van der Waals surface area contributed by atoms with E-state index in [9.17, 15) is 0 Å². The number of anilines is 1. The predicted octanol–water partition coefficient (Wildman–Crippen LogP) is 3.99. The first-order chi connectivity index (χ1) is 9.85. The van der Waals surface area contributed by atoms with E-state index < -0.39 is 0 Å². The van der Waals surface area contributed by atoms with Gasteiger partial charge in [-0.1, -0.05) is 34.8 Å². The molecule has 0 bridgehead atoms. The molecule has 0 amide bonds. The van der Waals surface area contributed by atoms with Crippen LogP contribution in [-0.2, 0) is 0 Å². The number of nitrogen functional groups attached to an aromatic ring is 1. The third kappa shape index (κ3) is 4.23. The van der Waals surface area contributed by atoms with Crippen molar-refractivity contribution < 1.29 is 9.47 Å². The molecule has 21 heavy (non-hydrogen) atoms. The second-order valence-electron chi connectivity index (χ2n) is 4.22. The highest BCUT2D eigenvalue weighted by Crippen LogP contribution is 2.35. The van der Waals surface area contributed by atoms with Crippen molar-refractivity contribution in [1.82, 2.24) is 15.0 Å². The van der Waals surface area contributed by atoms with Crippen molar-refractivity contribution in [3.63, 3.8) is 0 Å². The molecule has 0 radical (unpaired) electrons. The van der Waals surface area contributed by atoms with E-state index in [-0.39, 0.29) is 39.9 Å². The van der Waals surface area contributed by atoms with E-state index in [0.717, 1.165) is 0 Å². The van der Waals surface area contributed by atoms with Gasteiger partial charge in [-0.25, -0.2) is 0 Å². The van der Waals surface area contributed by atoms with Crippen LogP contribution in [0.15, 0.2) is 12.1 Å². The molecule has 9 heteroatoms. The molecule has 0 atom stereocenters. The van der Waals surface area contributed by atoms with Crippen molar-refractivity contribution in [2.75, 3.05) is 5.73 Å². The van der Waals surface area contributed by atoms with Gasteiger partial charge in [0.15, 0.2) is 5.75 Å². The molecule has 1 aromatic carbocycles. The molecule has 2 rings (SSSR count). The smallest absolute Gasteiger partial charge is 0.330 e. The summed E-state index contributed by atoms with van der Waals surface area (Å²) in [5.74, 6) is 0.207. The first-order valence-corrected chi connectivity index (χ1v) is 6.99. The summed E-state index contributed by atoms with van der Waals surface area (Å²) in [7, 11) is 0. The fourth-order valence-electron chi connectivity index (χ4n) is 1.34. The Balaban J connectivity index is 2.31. The van der Waals surface area contributed by atoms with E-state index in [2.05, 4.69) is 15.0 Å². The molecule has 0 saturated carbocycles. The zero-order chi connectivity index (χ0) is 15.6. The standard InChI is InChI=1S/C12H11Cl3N4O2/c1-5(2)20-11-17-10(16)18-12(19-11)21-9-4-7(14)6(13)3-8(9)15/h3-5H,1-2H3,(H2,16,17,18,19). The maximum Gasteiger partial charge on any atom is 0.330 e. The SMILES string of the molecule is CC(C)Oc1nc(N)nc(Oc2cc(Cl)c(Cl)cc2Cl)n1. The van der Waals surface area contributed by atoms with Gasteiger partial charge in [-0.3, -0.25) is 0 Å². The molecule has 1 aromatic heterocycles. The number of nitrogens with two attached hydrogens (primary N) is 1. The van der Waals surface area contributed by atoms with Crippen molar-refractivity contribution >= 4 is 40.8 Å². The van der Waals surface area contributed by atoms with E-state index in [0.29, 0.717) is 5.02 Å². The Hall–Kier alpha value is -1.50. The number of benzene rings is 1. The molecule has 0 fully saturated rings. The van der Waals surface area contributed by atoms with Crippen molar-refractivity contribution in [3.05, 3.63) is 27.2 Å². The predicted molar refractivity (Wildman–Crippen MR) is 81.5 cm³/mol. The lowest BCUT2D eigenvalue weighted by Gasteiger charge is -2.10. The van der Waals surface area contributed by atoms with Crippen LogP contribution in [0.2, 0.25) is 15.1 Å². The molecule has 112 valence electrons. The summed E-state index contributed by atoms with van der Waals surface area (Å²) >= 11 is 17.8. The Bertz CT molecular complexity index is 667. The van der Waals surface area contributed by atoms with Crippen molar-refractivity contribution in [3.8, 4) is 17.8 Å². The minimum absolute atomic E-state index is 0.0353. The summed E-state index contributed by atoms with van der Waals surface area (Å²) in [6.07, 6.45) is -0.117. The van der Waals surface area contributed by atoms with Gasteiger partial charge in [0.05, 0.1) is 21.2 Å². The number of halogens is 3. The Morgan fingerprint density at radius 1 is 0.952 bits per heavy atom. The molecule has 0 aliphatic heterocycles. The van der Waals surface area contributed by atoms with Crippen molar-refractivity contribution in [2.45, 2.75) is 20.0 Å². The van der Waals surface area contributed by atoms with Crippen LogP contribution >= 0.6 is 34.8 Å². The van der Waals surface area contributed by atoms with Gasteiger partial charge < -0.3 is 15.2 Å². The lowest BCUT2D eigenvalue weighted by molar-refractivity contribution is 0.219. The van der Waals surface area contributed by atoms with E-state index >= 15 is 0 Å². The second kappa shape index (κ2) is 6.51. The molecule has 6 nitrogen and oxygen atoms in total. The molecule has 0 aliphatic rings. The lowest BCUT2D eigenvalue weighted by Crippen LogP contribution is -2.11. The average molecular weight is 350 g/mol. The first kappa shape index (κ1) is 15.9. The highest BCUT2D eigenvalue weighted by molar-refractivity contribution is 6.43. The third-order valence-electron chi connectivity index (χ3n) is 2.13. The van der Waals surface area contributed by atoms with Crippen LogP contribution < -0.4 is 15.2 Å². The van der Waals surface area contributed by atoms with Crippen LogP contribution in [0.25, 0.3) is 0 Å². The minimum atomic E-state index is -0.117. The zero-order valence-corrected chi connectivity index (χ0v) is 13.4. The first-order valence-electron chi connectivity index (χ1n) is 5.85. The number of hydrogen-bond acceptors (Lipinski definition) is 6. The maximum atomic E-state index is 6.01. The maximum absolute atomic E-state index is 6.01. The number of nitrogens with zero attached hydrogens (tertiary/aromatic N) is 3. The Labute approximate surface area is 136 Å². The second-order valence-corrected chi connectivity index (χ2v) is 5.45. The molecular weight excluding hydrogens is 339 g/mol. The van der Waals surface area contributed by atoms with Crippen LogP contribution in [0.3, 0.4) is 0 Å². The van der Waals surface area contributed by atoms with E-state index in [4.69, 9.17) is 50.0 Å². The largest absolute Gasteiger partial charge is 0.461 e. The average Bonchev–Trinajstić information content (AvgIpc) is 2.34. The van der Waals surface area contributed by atoms with Gasteiger partial charge in [-0.15, -0.1) is 4.98 Å². The zero-order valence-electron chi connectivity index (χ0n) is 11.1. The fraction of sp³-hybridized carbons (Fsp3) is 0.250. The molecular formula is C12H11Cl3N4O2. The molecule has 2 N–H and O–H groups in total. The normalized spacial score (nSPS) is 10.8. The number of aromatic nitrogens is 3. The number of hydrogen-bond donors (Lipinski definition) is 1. The highest BCUT2D eigenvalue weighted by Gasteiger charge is 2.13. The summed E-state index contributed by atoms with van der Waals surface area (Å²) in [6, 6.07) is 2.91. The third-order valence-corrected chi connectivity index (χ3v) is 3.15. The monoisotopic (exact) mass is 348 g/mol. The Morgan fingerprint density at radius 2 is 1.57 bits per heavy atom. The fourth-order valence-corrected chi connectivity index (χ4v) is 1.92. The molecule has 0 spiro atoms. The van der Waals surface area contributed by atoms with Gasteiger partial charge >= 0.3 is 12.0 Å². The van der Waals surface area contributed by atoms with Crippen LogP contribution in [0.5, 0.6) is 17.8 Å². The van der Waals surface area contributed by atoms with Crippen molar-refractivity contribution in [1.29, 1.82) is 0 Å². The summed E-state index contributed by atoms with van der Waals surface area (Å²) in [4.78, 5) is 11.7. The van der Waals surface area contributed by atoms with Crippen LogP contribution in [-0.4, -0.2) is 21.1 Å². The summed E-state index contributed by atoms with van der Waals surface area (Å²) in [6.45, 7) is 3.66. The summed E-state index contributed by atoms with van der Waals surface area (Å²) < 4.78 is 10.8. The summed E-state index contributed by atoms with van der Waals surface area (Å²) in [5.41, 5.74) is 5.58. The van der Waals surface area contributed by atoms with Crippen molar-refractivity contribution in [2.24, 2.45) is 0 Å². The number of rotatable bonds is 4. The molecule has 0 unspecified atom stereocenters. The van der Waals surface area contributed by atoms with Gasteiger partial charge in [-0.2, -0.15) is 9.97 Å². The summed E-state index contributed by atoms with van der Waals surface area (Å²) in [5, 5.41) is 0.861. The Morgan fingerprint density at radius 3 is 2.24 bits per heavy atom. The lowest BCUT2D eigenvalue weighted by atomic mass is 10.3. The molecule has 2 aromatic rings. The van der Waals surface area contributed by atoms with E-state index in [1.54, 1.807) is 0 Å². The topological polar surface area (TPSA) is 83.2 Å². The van der Waals surface area contributed by atoms with E-state index in [1.807, 2.05) is 13.8 Å². The molecule has 0 aliphatic carbocycles. The Kier molecular flexibility index (Phi) is 4.92. The van der Waals surface area contributed by atoms with Gasteiger partial charge in [0.1, 0.15) is 0 Å². The highest BCUT2D eigenvalue weighted by atomic mass is 35.5. The molecule has 1 heterocycles. The minimum Gasteiger partial charge on any atom is -0.461 e. The molecule has 0 saturated heterocycles. The van der Waals surface area contributed by atoms with Gasteiger partial charge in [0.25, 0.3) is 0 Å². The van der Waals surface area contributed by atoms with Gasteiger partial charge in [0, 0.05) is 6.07 Å². The van der Waals surface area contributed by atoms with Gasteiger partial charge in [-0.05, 0) is 19.9 Å². The van der Waals surface area contributed by atoms with Crippen LogP contribution in [0.4, 0.5) is 5.95 Å². The van der Waals surface area contributed by atoms with Crippen LogP contribution in [0, 0.1) is 0 Å². The quantitative estimate of drug-likeness (QED) is 0.840. The van der Waals surface area contributed by atoms with E-state index in [1.165, 1.54) is 12.1 Å². The number of ether oxygens (including phenoxy) is 2.